The van der Waals surface area contributed by atoms with E-state index in [9.17, 15) is 0 Å². The Bertz CT molecular complexity index is 1550. The lowest BCUT2D eigenvalue weighted by Gasteiger charge is -2.12. The van der Waals surface area contributed by atoms with E-state index in [2.05, 4.69) is 103 Å². The van der Waals surface area contributed by atoms with Crippen molar-refractivity contribution in [2.24, 2.45) is 0 Å². The van der Waals surface area contributed by atoms with Gasteiger partial charge in [0.1, 0.15) is 11.2 Å². The number of hydrogen-bond donors (Lipinski definition) is 0. The Kier molecular flexibility index (Phi) is 4.97. The molecule has 2 aromatic heterocycles. The fraction of sp³-hybridized carbons (Fsp3) is 0.0645. The third-order valence-corrected chi connectivity index (χ3v) is 6.23. The quantitative estimate of drug-likeness (QED) is 0.281. The molecule has 2 heterocycles. The normalized spacial score (nSPS) is 11.3. The minimum Gasteiger partial charge on any atom is -0.456 e. The molecular formula is C31H23NO. The van der Waals surface area contributed by atoms with E-state index in [1.807, 2.05) is 12.1 Å². The molecule has 0 amide bonds. The van der Waals surface area contributed by atoms with Gasteiger partial charge in [0.2, 0.25) is 0 Å². The van der Waals surface area contributed by atoms with Crippen LogP contribution >= 0.6 is 0 Å². The lowest BCUT2D eigenvalue weighted by molar-refractivity contribution is 0.669. The van der Waals surface area contributed by atoms with Crippen LogP contribution in [0.5, 0.6) is 0 Å². The maximum absolute atomic E-state index is 6.01. The number of furan rings is 1. The van der Waals surface area contributed by atoms with Crippen LogP contribution < -0.4 is 0 Å². The van der Waals surface area contributed by atoms with E-state index in [0.29, 0.717) is 0 Å². The summed E-state index contributed by atoms with van der Waals surface area (Å²) in [6.07, 6.45) is 3.81. The number of pyridine rings is 1. The average Bonchev–Trinajstić information content (AvgIpc) is 3.24. The van der Waals surface area contributed by atoms with Crippen LogP contribution in [0.1, 0.15) is 22.3 Å². The highest BCUT2D eigenvalue weighted by atomic mass is 16.3. The number of fused-ring (bicyclic) bond motifs is 3. The van der Waals surface area contributed by atoms with Gasteiger partial charge in [-0.25, -0.2) is 0 Å². The summed E-state index contributed by atoms with van der Waals surface area (Å²) in [5.41, 5.74) is 9.11. The second kappa shape index (κ2) is 8.40. The summed E-state index contributed by atoms with van der Waals surface area (Å²) < 4.78 is 6.01. The molecule has 0 spiro atoms. The van der Waals surface area contributed by atoms with E-state index >= 15 is 0 Å². The maximum Gasteiger partial charge on any atom is 0.135 e. The Morgan fingerprint density at radius 2 is 1.18 bits per heavy atom. The molecule has 2 heteroatoms. The highest BCUT2D eigenvalue weighted by Crippen LogP contribution is 2.32. The first kappa shape index (κ1) is 19.5. The van der Waals surface area contributed by atoms with Gasteiger partial charge in [0.25, 0.3) is 0 Å². The van der Waals surface area contributed by atoms with Crippen molar-refractivity contribution in [2.45, 2.75) is 12.8 Å². The molecule has 0 aliphatic carbocycles. The summed E-state index contributed by atoms with van der Waals surface area (Å²) in [5.74, 6) is 0. The van der Waals surface area contributed by atoms with Crippen molar-refractivity contribution in [1.29, 1.82) is 0 Å². The number of nitrogens with zero attached hydrogens (tertiary/aromatic N) is 1. The van der Waals surface area contributed by atoms with Crippen molar-refractivity contribution in [3.05, 3.63) is 138 Å². The maximum atomic E-state index is 6.01. The van der Waals surface area contributed by atoms with Gasteiger partial charge in [-0.2, -0.15) is 0 Å². The molecule has 0 N–H and O–H groups in total. The Balaban J connectivity index is 1.44. The summed E-state index contributed by atoms with van der Waals surface area (Å²) in [6, 6.07) is 38.1. The van der Waals surface area contributed by atoms with E-state index in [0.717, 1.165) is 46.0 Å². The Hall–Kier alpha value is -4.17. The molecule has 0 saturated heterocycles. The third kappa shape index (κ3) is 3.92. The molecule has 0 unspecified atom stereocenters. The van der Waals surface area contributed by atoms with Crippen LogP contribution in [0.15, 0.2) is 120 Å². The molecule has 2 nitrogen and oxygen atoms in total. The van der Waals surface area contributed by atoms with Gasteiger partial charge in [-0.05, 0) is 65.4 Å². The zero-order valence-electron chi connectivity index (χ0n) is 18.2. The summed E-state index contributed by atoms with van der Waals surface area (Å²) in [4.78, 5) is 4.89. The first-order valence-electron chi connectivity index (χ1n) is 11.3. The topological polar surface area (TPSA) is 26.0 Å². The molecule has 158 valence electrons. The van der Waals surface area contributed by atoms with Crippen molar-refractivity contribution in [3.63, 3.8) is 0 Å². The minimum absolute atomic E-state index is 0.877. The number of hydrogen-bond acceptors (Lipinski definition) is 2. The highest BCUT2D eigenvalue weighted by Gasteiger charge is 2.12. The SMILES string of the molecule is c1ccc(Cc2cnc(-c3ccc4oc5ccccc5c4c3)cc2Cc2ccccc2)cc1. The van der Waals surface area contributed by atoms with Gasteiger partial charge in [0.15, 0.2) is 0 Å². The first-order chi connectivity index (χ1) is 16.3. The Morgan fingerprint density at radius 3 is 1.94 bits per heavy atom. The minimum atomic E-state index is 0.877. The smallest absolute Gasteiger partial charge is 0.135 e. The highest BCUT2D eigenvalue weighted by molar-refractivity contribution is 6.06. The summed E-state index contributed by atoms with van der Waals surface area (Å²) in [6.45, 7) is 0. The van der Waals surface area contributed by atoms with Gasteiger partial charge in [0, 0.05) is 22.5 Å². The van der Waals surface area contributed by atoms with Crippen LogP contribution in [0.4, 0.5) is 0 Å². The van der Waals surface area contributed by atoms with E-state index in [1.165, 1.54) is 22.3 Å². The second-order valence-electron chi connectivity index (χ2n) is 8.47. The van der Waals surface area contributed by atoms with Crippen molar-refractivity contribution in [1.82, 2.24) is 4.98 Å². The number of rotatable bonds is 5. The lowest BCUT2D eigenvalue weighted by Crippen LogP contribution is -2.00. The average molecular weight is 426 g/mol. The van der Waals surface area contributed by atoms with Crippen LogP contribution in [-0.2, 0) is 12.8 Å². The second-order valence-corrected chi connectivity index (χ2v) is 8.47. The number of benzene rings is 4. The van der Waals surface area contributed by atoms with Crippen molar-refractivity contribution in [3.8, 4) is 11.3 Å². The van der Waals surface area contributed by atoms with Crippen LogP contribution in [0.25, 0.3) is 33.2 Å². The molecule has 0 atom stereocenters. The van der Waals surface area contributed by atoms with Gasteiger partial charge >= 0.3 is 0 Å². The Labute approximate surface area is 193 Å². The van der Waals surface area contributed by atoms with Gasteiger partial charge in [-0.15, -0.1) is 0 Å². The molecule has 0 aliphatic heterocycles. The molecular weight excluding hydrogens is 402 g/mol. The van der Waals surface area contributed by atoms with Gasteiger partial charge in [-0.3, -0.25) is 4.98 Å². The van der Waals surface area contributed by atoms with Gasteiger partial charge in [-0.1, -0.05) is 78.9 Å². The predicted molar refractivity (Wildman–Crippen MR) is 135 cm³/mol. The summed E-state index contributed by atoms with van der Waals surface area (Å²) in [5, 5.41) is 2.27. The zero-order valence-corrected chi connectivity index (χ0v) is 18.2. The molecule has 33 heavy (non-hydrogen) atoms. The van der Waals surface area contributed by atoms with Crippen LogP contribution in [0.3, 0.4) is 0 Å². The van der Waals surface area contributed by atoms with E-state index in [1.54, 1.807) is 0 Å². The monoisotopic (exact) mass is 425 g/mol. The Morgan fingerprint density at radius 1 is 0.545 bits per heavy atom. The van der Waals surface area contributed by atoms with Gasteiger partial charge < -0.3 is 4.42 Å². The van der Waals surface area contributed by atoms with E-state index in [4.69, 9.17) is 9.40 Å². The van der Waals surface area contributed by atoms with Crippen molar-refractivity contribution in [2.75, 3.05) is 0 Å². The zero-order chi connectivity index (χ0) is 22.0. The van der Waals surface area contributed by atoms with Crippen LogP contribution in [-0.4, -0.2) is 4.98 Å². The predicted octanol–water partition coefficient (Wildman–Crippen LogP) is 7.83. The van der Waals surface area contributed by atoms with E-state index in [-0.39, 0.29) is 0 Å². The van der Waals surface area contributed by atoms with Crippen LogP contribution in [0, 0.1) is 0 Å². The van der Waals surface area contributed by atoms with Crippen molar-refractivity contribution < 1.29 is 4.42 Å². The molecule has 6 aromatic rings. The molecule has 0 saturated carbocycles. The van der Waals surface area contributed by atoms with E-state index < -0.39 is 0 Å². The molecule has 4 aromatic carbocycles. The lowest BCUT2D eigenvalue weighted by atomic mass is 9.95. The molecule has 6 rings (SSSR count). The fourth-order valence-electron chi connectivity index (χ4n) is 4.52. The molecule has 0 aliphatic rings. The van der Waals surface area contributed by atoms with Gasteiger partial charge in [0.05, 0.1) is 5.69 Å². The number of aromatic nitrogens is 1. The molecule has 0 fully saturated rings. The summed E-state index contributed by atoms with van der Waals surface area (Å²) in [7, 11) is 0. The first-order valence-corrected chi connectivity index (χ1v) is 11.3. The fourth-order valence-corrected chi connectivity index (χ4v) is 4.52. The number of para-hydroxylation sites is 1. The third-order valence-electron chi connectivity index (χ3n) is 6.23. The summed E-state index contributed by atoms with van der Waals surface area (Å²) >= 11 is 0. The largest absolute Gasteiger partial charge is 0.456 e. The van der Waals surface area contributed by atoms with Crippen molar-refractivity contribution >= 4 is 21.9 Å². The molecule has 0 bridgehead atoms. The van der Waals surface area contributed by atoms with Crippen LogP contribution in [0.2, 0.25) is 0 Å². The standard InChI is InChI=1S/C31H23NO/c1-3-9-22(10-4-1)17-25-20-29(32-21-26(25)18-23-11-5-2-6-12-23)24-15-16-31-28(19-24)27-13-7-8-14-30(27)33-31/h1-16,19-21H,17-18H2. The molecule has 0 radical (unpaired) electrons.